The van der Waals surface area contributed by atoms with Gasteiger partial charge in [-0.05, 0) is 50.6 Å². The molecule has 1 aromatic carbocycles. The topological polar surface area (TPSA) is 96.8 Å². The Morgan fingerprint density at radius 3 is 2.64 bits per heavy atom. The molecule has 1 fully saturated rings. The second-order valence-corrected chi connectivity index (χ2v) is 7.94. The van der Waals surface area contributed by atoms with Gasteiger partial charge in [0.15, 0.2) is 11.6 Å². The molecule has 0 bridgehead atoms. The van der Waals surface area contributed by atoms with Crippen LogP contribution in [0, 0.1) is 24.5 Å². The number of primary amides is 1. The predicted molar refractivity (Wildman–Crippen MR) is 99.0 cm³/mol. The lowest BCUT2D eigenvalue weighted by atomic mass is 9.93. The van der Waals surface area contributed by atoms with E-state index < -0.39 is 17.7 Å². The molecule has 0 unspecified atom stereocenters. The fourth-order valence-corrected chi connectivity index (χ4v) is 4.84. The lowest BCUT2D eigenvalue weighted by Crippen LogP contribution is -2.40. The van der Waals surface area contributed by atoms with Crippen LogP contribution in [0.5, 0.6) is 5.88 Å². The maximum atomic E-state index is 13.9. The largest absolute Gasteiger partial charge is 0.492 e. The van der Waals surface area contributed by atoms with E-state index in [4.69, 9.17) is 5.73 Å². The van der Waals surface area contributed by atoms with E-state index in [9.17, 15) is 18.7 Å². The SMILES string of the molecule is Cc1nc2sc([C@H](c3ccc(F)c(F)c3)N3CCC(C(N)=O)CC3)c(O)n2n1. The van der Waals surface area contributed by atoms with Crippen LogP contribution in [-0.2, 0) is 4.79 Å². The smallest absolute Gasteiger partial charge is 0.230 e. The number of aromatic hydroxyl groups is 1. The molecule has 148 valence electrons. The number of nitrogens with zero attached hydrogens (tertiary/aromatic N) is 4. The molecule has 3 N–H and O–H groups in total. The summed E-state index contributed by atoms with van der Waals surface area (Å²) in [4.78, 5) is 18.8. The molecule has 3 heterocycles. The molecule has 4 rings (SSSR count). The average molecular weight is 407 g/mol. The van der Waals surface area contributed by atoms with Gasteiger partial charge in [0.05, 0.1) is 10.9 Å². The number of piperidine rings is 1. The van der Waals surface area contributed by atoms with E-state index in [0.29, 0.717) is 47.2 Å². The van der Waals surface area contributed by atoms with Gasteiger partial charge in [0.2, 0.25) is 16.7 Å². The highest BCUT2D eigenvalue weighted by Gasteiger charge is 2.33. The zero-order valence-corrected chi connectivity index (χ0v) is 15.9. The van der Waals surface area contributed by atoms with Crippen molar-refractivity contribution in [1.29, 1.82) is 0 Å². The minimum atomic E-state index is -0.954. The van der Waals surface area contributed by atoms with Crippen molar-refractivity contribution in [2.45, 2.75) is 25.8 Å². The number of thiazole rings is 1. The normalized spacial score (nSPS) is 17.2. The number of fused-ring (bicyclic) bond motifs is 1. The molecule has 1 atom stereocenters. The number of nitrogens with two attached hydrogens (primary N) is 1. The van der Waals surface area contributed by atoms with Gasteiger partial charge in [0, 0.05) is 5.92 Å². The molecular formula is C18H19F2N5O2S. The van der Waals surface area contributed by atoms with Crippen molar-refractivity contribution in [1.82, 2.24) is 19.5 Å². The minimum Gasteiger partial charge on any atom is -0.492 e. The lowest BCUT2D eigenvalue weighted by Gasteiger charge is -2.36. The van der Waals surface area contributed by atoms with Crippen LogP contribution in [0.4, 0.5) is 8.78 Å². The first kappa shape index (κ1) is 18.8. The van der Waals surface area contributed by atoms with Gasteiger partial charge in [-0.1, -0.05) is 17.4 Å². The number of halogens is 2. The quantitative estimate of drug-likeness (QED) is 0.692. The number of carbonyl (C=O) groups excluding carboxylic acids is 1. The van der Waals surface area contributed by atoms with Crippen LogP contribution in [0.1, 0.15) is 35.1 Å². The summed E-state index contributed by atoms with van der Waals surface area (Å²) in [6.07, 6.45) is 1.13. The van der Waals surface area contributed by atoms with Crippen molar-refractivity contribution < 1.29 is 18.7 Å². The number of amides is 1. The Labute approximate surface area is 163 Å². The second kappa shape index (κ2) is 7.10. The van der Waals surface area contributed by atoms with E-state index in [0.717, 1.165) is 12.1 Å². The van der Waals surface area contributed by atoms with Crippen molar-refractivity contribution in [3.05, 3.63) is 46.1 Å². The van der Waals surface area contributed by atoms with E-state index in [2.05, 4.69) is 10.1 Å². The summed E-state index contributed by atoms with van der Waals surface area (Å²) in [7, 11) is 0. The third-order valence-corrected chi connectivity index (χ3v) is 6.18. The fourth-order valence-electron chi connectivity index (χ4n) is 3.68. The summed E-state index contributed by atoms with van der Waals surface area (Å²) >= 11 is 1.25. The molecule has 1 amide bonds. The number of aryl methyl sites for hydroxylation is 1. The number of likely N-dealkylation sites (tertiary alicyclic amines) is 1. The zero-order chi connectivity index (χ0) is 20.0. The highest BCUT2D eigenvalue weighted by Crippen LogP contribution is 2.41. The van der Waals surface area contributed by atoms with Crippen LogP contribution >= 0.6 is 11.3 Å². The second-order valence-electron chi connectivity index (χ2n) is 6.93. The van der Waals surface area contributed by atoms with Crippen LogP contribution in [0.2, 0.25) is 0 Å². The number of hydrogen-bond acceptors (Lipinski definition) is 6. The summed E-state index contributed by atoms with van der Waals surface area (Å²) in [6.45, 7) is 2.78. The van der Waals surface area contributed by atoms with E-state index in [1.54, 1.807) is 6.92 Å². The molecule has 0 aliphatic carbocycles. The first-order valence-electron chi connectivity index (χ1n) is 8.88. The summed E-state index contributed by atoms with van der Waals surface area (Å²) in [5.74, 6) is -1.98. The molecule has 7 nitrogen and oxygen atoms in total. The number of benzene rings is 1. The van der Waals surface area contributed by atoms with Crippen molar-refractivity contribution in [2.75, 3.05) is 13.1 Å². The van der Waals surface area contributed by atoms with Gasteiger partial charge in [0.1, 0.15) is 5.82 Å². The van der Waals surface area contributed by atoms with E-state index in [-0.39, 0.29) is 17.7 Å². The Morgan fingerprint density at radius 1 is 1.32 bits per heavy atom. The third kappa shape index (κ3) is 3.22. The van der Waals surface area contributed by atoms with Gasteiger partial charge in [-0.2, -0.15) is 4.52 Å². The first-order valence-corrected chi connectivity index (χ1v) is 9.70. The molecule has 2 aromatic heterocycles. The highest BCUT2D eigenvalue weighted by molar-refractivity contribution is 7.17. The van der Waals surface area contributed by atoms with Crippen LogP contribution in [0.15, 0.2) is 18.2 Å². The molecule has 10 heteroatoms. The molecule has 0 radical (unpaired) electrons. The molecule has 0 saturated carbocycles. The summed E-state index contributed by atoms with van der Waals surface area (Å²) < 4.78 is 28.8. The fraction of sp³-hybridized carbons (Fsp3) is 0.389. The first-order chi connectivity index (χ1) is 13.3. The number of rotatable bonds is 4. The molecule has 28 heavy (non-hydrogen) atoms. The standard InChI is InChI=1S/C18H19F2N5O2S/c1-9-22-18-25(23-9)17(27)15(28-18)14(11-2-3-12(19)13(20)8-11)24-6-4-10(5-7-24)16(21)26/h2-3,8,10,14,27H,4-7H2,1H3,(H2,21,26)/t14-/m0/s1. The Bertz CT molecular complexity index is 1040. The highest BCUT2D eigenvalue weighted by atomic mass is 32.1. The molecular weight excluding hydrogens is 388 g/mol. The molecule has 3 aromatic rings. The summed E-state index contributed by atoms with van der Waals surface area (Å²) in [6, 6.07) is 3.20. The van der Waals surface area contributed by atoms with E-state index in [1.165, 1.54) is 21.9 Å². The van der Waals surface area contributed by atoms with Gasteiger partial charge in [-0.15, -0.1) is 5.10 Å². The van der Waals surface area contributed by atoms with Crippen molar-refractivity contribution >= 4 is 22.2 Å². The van der Waals surface area contributed by atoms with Gasteiger partial charge in [0.25, 0.3) is 0 Å². The van der Waals surface area contributed by atoms with Gasteiger partial charge in [-0.25, -0.2) is 13.8 Å². The van der Waals surface area contributed by atoms with Gasteiger partial charge >= 0.3 is 0 Å². The maximum Gasteiger partial charge on any atom is 0.230 e. The van der Waals surface area contributed by atoms with Gasteiger partial charge in [-0.3, -0.25) is 9.69 Å². The van der Waals surface area contributed by atoms with Crippen LogP contribution < -0.4 is 5.73 Å². The molecule has 1 aliphatic heterocycles. The van der Waals surface area contributed by atoms with Crippen LogP contribution in [0.3, 0.4) is 0 Å². The molecule has 0 spiro atoms. The minimum absolute atomic E-state index is 0.0765. The Hall–Kier alpha value is -2.59. The molecule has 1 aliphatic rings. The maximum absolute atomic E-state index is 13.9. The molecule has 1 saturated heterocycles. The monoisotopic (exact) mass is 407 g/mol. The lowest BCUT2D eigenvalue weighted by molar-refractivity contribution is -0.123. The number of aromatic nitrogens is 3. The summed E-state index contributed by atoms with van der Waals surface area (Å²) in [5.41, 5.74) is 5.92. The Balaban J connectivity index is 1.76. The van der Waals surface area contributed by atoms with E-state index in [1.807, 2.05) is 4.90 Å². The van der Waals surface area contributed by atoms with Crippen molar-refractivity contribution in [3.8, 4) is 5.88 Å². The number of hydrogen-bond donors (Lipinski definition) is 2. The average Bonchev–Trinajstić information content (AvgIpc) is 3.16. The predicted octanol–water partition coefficient (Wildman–Crippen LogP) is 2.37. The third-order valence-electron chi connectivity index (χ3n) is 5.11. The van der Waals surface area contributed by atoms with Crippen molar-refractivity contribution in [2.24, 2.45) is 11.7 Å². The number of carbonyl (C=O) groups is 1. The van der Waals surface area contributed by atoms with Crippen molar-refractivity contribution in [3.63, 3.8) is 0 Å². The zero-order valence-electron chi connectivity index (χ0n) is 15.1. The Morgan fingerprint density at radius 2 is 2.04 bits per heavy atom. The van der Waals surface area contributed by atoms with Gasteiger partial charge < -0.3 is 10.8 Å². The van der Waals surface area contributed by atoms with Crippen LogP contribution in [0.25, 0.3) is 4.96 Å². The summed E-state index contributed by atoms with van der Waals surface area (Å²) in [5, 5.41) is 14.9. The Kier molecular flexibility index (Phi) is 4.76. The van der Waals surface area contributed by atoms with Crippen LogP contribution in [-0.4, -0.2) is 43.6 Å². The van der Waals surface area contributed by atoms with E-state index >= 15 is 0 Å².